The quantitative estimate of drug-likeness (QED) is 0.539. The number of nitrogens with one attached hydrogen (secondary N) is 1. The van der Waals surface area contributed by atoms with E-state index < -0.39 is 0 Å². The van der Waals surface area contributed by atoms with Gasteiger partial charge in [-0.2, -0.15) is 0 Å². The Morgan fingerprint density at radius 3 is 2.50 bits per heavy atom. The van der Waals surface area contributed by atoms with Crippen molar-refractivity contribution in [2.45, 2.75) is 20.1 Å². The smallest absolute Gasteiger partial charge is 0.209 e. The molecule has 3 aromatic rings. The molecule has 0 spiro atoms. The first-order valence-corrected chi connectivity index (χ1v) is 11.3. The van der Waals surface area contributed by atoms with Gasteiger partial charge in [-0.15, -0.1) is 5.10 Å². The van der Waals surface area contributed by atoms with Crippen LogP contribution < -0.4 is 10.2 Å². The van der Waals surface area contributed by atoms with Crippen LogP contribution in [0.4, 0.5) is 16.5 Å². The average molecular weight is 442 g/mol. The Labute approximate surface area is 186 Å². The average Bonchev–Trinajstić information content (AvgIpc) is 3.09. The number of benzene rings is 2. The number of aryl methyl sites for hydroxylation is 1. The first kappa shape index (κ1) is 21.0. The van der Waals surface area contributed by atoms with Gasteiger partial charge in [0.25, 0.3) is 0 Å². The molecule has 2 heterocycles. The lowest BCUT2D eigenvalue weighted by Gasteiger charge is -2.29. The summed E-state index contributed by atoms with van der Waals surface area (Å²) in [5.41, 5.74) is 4.79. The number of nitrogens with zero attached hydrogens (tertiary/aromatic N) is 4. The molecule has 2 aromatic carbocycles. The largest absolute Gasteiger partial charge is 0.378 e. The summed E-state index contributed by atoms with van der Waals surface area (Å²) in [7, 11) is 2.09. The standard InChI is InChI=1S/C22H27N5OS2/c1-17-3-7-19(8-4-17)23-21-24-27(22(29)30-21)16-25(2)15-18-5-9-20(10-6-18)26-11-13-28-14-12-26/h3-10H,11-16H2,1-2H3,(H,23,24). The highest BCUT2D eigenvalue weighted by Crippen LogP contribution is 2.21. The van der Waals surface area contributed by atoms with E-state index in [0.29, 0.717) is 6.67 Å². The van der Waals surface area contributed by atoms with E-state index in [9.17, 15) is 0 Å². The van der Waals surface area contributed by atoms with Crippen molar-refractivity contribution in [3.63, 3.8) is 0 Å². The van der Waals surface area contributed by atoms with Crippen LogP contribution in [0.25, 0.3) is 0 Å². The van der Waals surface area contributed by atoms with Gasteiger partial charge in [-0.25, -0.2) is 4.68 Å². The molecular formula is C22H27N5OS2. The van der Waals surface area contributed by atoms with Gasteiger partial charge >= 0.3 is 0 Å². The predicted molar refractivity (Wildman–Crippen MR) is 126 cm³/mol. The summed E-state index contributed by atoms with van der Waals surface area (Å²) in [6.07, 6.45) is 0. The van der Waals surface area contributed by atoms with Gasteiger partial charge < -0.3 is 15.0 Å². The molecule has 1 aliphatic rings. The molecule has 1 aromatic heterocycles. The monoisotopic (exact) mass is 441 g/mol. The Bertz CT molecular complexity index is 1010. The lowest BCUT2D eigenvalue weighted by atomic mass is 10.2. The third-order valence-electron chi connectivity index (χ3n) is 5.05. The molecular weight excluding hydrogens is 414 g/mol. The van der Waals surface area contributed by atoms with Crippen molar-refractivity contribution in [3.05, 3.63) is 63.6 Å². The number of anilines is 3. The van der Waals surface area contributed by atoms with Gasteiger partial charge in [-0.3, -0.25) is 4.90 Å². The molecule has 0 unspecified atom stereocenters. The molecule has 158 valence electrons. The van der Waals surface area contributed by atoms with Crippen LogP contribution in [-0.4, -0.2) is 48.0 Å². The number of hydrogen-bond acceptors (Lipinski definition) is 7. The van der Waals surface area contributed by atoms with Gasteiger partial charge in [0.05, 0.1) is 19.9 Å². The Morgan fingerprint density at radius 1 is 1.10 bits per heavy atom. The van der Waals surface area contributed by atoms with Crippen LogP contribution in [0.2, 0.25) is 0 Å². The summed E-state index contributed by atoms with van der Waals surface area (Å²) >= 11 is 7.01. The molecule has 30 heavy (non-hydrogen) atoms. The Balaban J connectivity index is 1.34. The van der Waals surface area contributed by atoms with Crippen LogP contribution in [0.3, 0.4) is 0 Å². The van der Waals surface area contributed by atoms with Crippen molar-refractivity contribution in [2.75, 3.05) is 43.6 Å². The Morgan fingerprint density at radius 2 is 1.80 bits per heavy atom. The highest BCUT2D eigenvalue weighted by atomic mass is 32.1. The lowest BCUT2D eigenvalue weighted by molar-refractivity contribution is 0.122. The van der Waals surface area contributed by atoms with E-state index in [2.05, 4.69) is 82.7 Å². The van der Waals surface area contributed by atoms with Crippen LogP contribution >= 0.6 is 23.6 Å². The molecule has 0 radical (unpaired) electrons. The molecule has 0 amide bonds. The SMILES string of the molecule is Cc1ccc(Nc2nn(CN(C)Cc3ccc(N4CCOCC4)cc3)c(=S)s2)cc1. The zero-order valence-corrected chi connectivity index (χ0v) is 19.0. The van der Waals surface area contributed by atoms with Crippen molar-refractivity contribution < 1.29 is 4.74 Å². The van der Waals surface area contributed by atoms with Crippen molar-refractivity contribution in [3.8, 4) is 0 Å². The number of aromatic nitrogens is 2. The van der Waals surface area contributed by atoms with E-state index in [1.54, 1.807) is 0 Å². The Hall–Kier alpha value is -2.26. The molecule has 1 saturated heterocycles. The topological polar surface area (TPSA) is 45.6 Å². The first-order chi connectivity index (χ1) is 14.6. The summed E-state index contributed by atoms with van der Waals surface area (Å²) in [6, 6.07) is 17.1. The summed E-state index contributed by atoms with van der Waals surface area (Å²) in [5, 5.41) is 8.80. The molecule has 0 bridgehead atoms. The lowest BCUT2D eigenvalue weighted by Crippen LogP contribution is -2.36. The van der Waals surface area contributed by atoms with Crippen molar-refractivity contribution in [2.24, 2.45) is 0 Å². The van der Waals surface area contributed by atoms with Gasteiger partial charge in [0.15, 0.2) is 3.95 Å². The van der Waals surface area contributed by atoms with Crippen LogP contribution in [-0.2, 0) is 18.0 Å². The van der Waals surface area contributed by atoms with Gasteiger partial charge in [-0.05, 0) is 56.0 Å². The molecule has 1 fully saturated rings. The maximum Gasteiger partial charge on any atom is 0.209 e. The summed E-state index contributed by atoms with van der Waals surface area (Å²) in [4.78, 5) is 4.59. The van der Waals surface area contributed by atoms with E-state index in [1.165, 1.54) is 28.2 Å². The minimum Gasteiger partial charge on any atom is -0.378 e. The highest BCUT2D eigenvalue weighted by molar-refractivity contribution is 7.73. The molecule has 1 N–H and O–H groups in total. The fourth-order valence-corrected chi connectivity index (χ4v) is 4.44. The third-order valence-corrected chi connectivity index (χ3v) is 6.27. The second-order valence-electron chi connectivity index (χ2n) is 7.59. The van der Waals surface area contributed by atoms with Crippen LogP contribution in [0.1, 0.15) is 11.1 Å². The van der Waals surface area contributed by atoms with E-state index in [1.807, 2.05) is 4.68 Å². The molecule has 0 aliphatic carbocycles. The fourth-order valence-electron chi connectivity index (χ4n) is 3.43. The molecule has 0 atom stereocenters. The van der Waals surface area contributed by atoms with E-state index in [0.717, 1.165) is 47.6 Å². The van der Waals surface area contributed by atoms with Gasteiger partial charge in [0, 0.05) is 31.0 Å². The second kappa shape index (κ2) is 9.70. The zero-order valence-electron chi connectivity index (χ0n) is 17.4. The van der Waals surface area contributed by atoms with Gasteiger partial charge in [-0.1, -0.05) is 41.2 Å². The molecule has 6 nitrogen and oxygen atoms in total. The van der Waals surface area contributed by atoms with Crippen LogP contribution in [0.5, 0.6) is 0 Å². The van der Waals surface area contributed by atoms with E-state index >= 15 is 0 Å². The number of hydrogen-bond donors (Lipinski definition) is 1. The van der Waals surface area contributed by atoms with Crippen molar-refractivity contribution >= 4 is 40.1 Å². The number of rotatable bonds is 7. The molecule has 8 heteroatoms. The maximum atomic E-state index is 5.52. The first-order valence-electron chi connectivity index (χ1n) is 10.1. The Kier molecular flexibility index (Phi) is 6.79. The molecule has 0 saturated carbocycles. The summed E-state index contributed by atoms with van der Waals surface area (Å²) in [5.74, 6) is 0. The van der Waals surface area contributed by atoms with Crippen molar-refractivity contribution in [1.29, 1.82) is 0 Å². The molecule has 1 aliphatic heterocycles. The fraction of sp³-hybridized carbons (Fsp3) is 0.364. The number of ether oxygens (including phenoxy) is 1. The predicted octanol–water partition coefficient (Wildman–Crippen LogP) is 4.65. The van der Waals surface area contributed by atoms with Crippen molar-refractivity contribution in [1.82, 2.24) is 14.7 Å². The minimum atomic E-state index is 0.649. The minimum absolute atomic E-state index is 0.649. The number of morpholine rings is 1. The molecule has 4 rings (SSSR count). The summed E-state index contributed by atoms with van der Waals surface area (Å²) in [6.45, 7) is 7.09. The van der Waals surface area contributed by atoms with E-state index in [4.69, 9.17) is 17.0 Å². The van der Waals surface area contributed by atoms with E-state index in [-0.39, 0.29) is 0 Å². The summed E-state index contributed by atoms with van der Waals surface area (Å²) < 4.78 is 8.07. The third kappa shape index (κ3) is 5.46. The second-order valence-corrected chi connectivity index (χ2v) is 9.21. The van der Waals surface area contributed by atoms with Gasteiger partial charge in [0.1, 0.15) is 0 Å². The van der Waals surface area contributed by atoms with Crippen LogP contribution in [0, 0.1) is 10.9 Å². The highest BCUT2D eigenvalue weighted by Gasteiger charge is 2.11. The van der Waals surface area contributed by atoms with Crippen LogP contribution in [0.15, 0.2) is 48.5 Å². The maximum absolute atomic E-state index is 5.52. The normalized spacial score (nSPS) is 14.3. The van der Waals surface area contributed by atoms with Gasteiger partial charge in [0.2, 0.25) is 5.13 Å². The zero-order chi connectivity index (χ0) is 20.9.